The number of anilines is 1. The third-order valence-electron chi connectivity index (χ3n) is 3.42. The molecule has 0 atom stereocenters. The van der Waals surface area contributed by atoms with Gasteiger partial charge in [0.2, 0.25) is 0 Å². The SMILES string of the molecule is O=S(=O)(Nc1ccc(F)cc1C(F)(F)F)c1cccc2cccnc12. The number of nitrogens with zero attached hydrogens (tertiary/aromatic N) is 1. The maximum Gasteiger partial charge on any atom is 0.418 e. The first kappa shape index (κ1) is 17.2. The molecular formula is C16H10F4N2O2S. The van der Waals surface area contributed by atoms with Gasteiger partial charge in [0.05, 0.1) is 16.8 Å². The van der Waals surface area contributed by atoms with Crippen molar-refractivity contribution in [1.29, 1.82) is 0 Å². The van der Waals surface area contributed by atoms with Gasteiger partial charge in [-0.3, -0.25) is 9.71 Å². The highest BCUT2D eigenvalue weighted by atomic mass is 32.2. The molecule has 0 spiro atoms. The standard InChI is InChI=1S/C16H10F4N2O2S/c17-11-6-7-13(12(9-11)16(18,19)20)22-25(23,24)14-5-1-3-10-4-2-8-21-15(10)14/h1-9,22H. The first-order valence-electron chi connectivity index (χ1n) is 6.92. The van der Waals surface area contributed by atoms with Crippen LogP contribution in [0.4, 0.5) is 23.2 Å². The first-order valence-corrected chi connectivity index (χ1v) is 8.40. The molecule has 0 radical (unpaired) electrons. The number of hydrogen-bond donors (Lipinski definition) is 1. The summed E-state index contributed by atoms with van der Waals surface area (Å²) in [5, 5.41) is 0.514. The molecular weight excluding hydrogens is 360 g/mol. The molecule has 1 heterocycles. The molecule has 0 amide bonds. The highest BCUT2D eigenvalue weighted by Gasteiger charge is 2.35. The molecule has 9 heteroatoms. The van der Waals surface area contributed by atoms with Crippen LogP contribution in [0.1, 0.15) is 5.56 Å². The second-order valence-corrected chi connectivity index (χ2v) is 6.78. The van der Waals surface area contributed by atoms with Gasteiger partial charge in [0.15, 0.2) is 0 Å². The monoisotopic (exact) mass is 370 g/mol. The van der Waals surface area contributed by atoms with E-state index >= 15 is 0 Å². The number of halogens is 4. The van der Waals surface area contributed by atoms with Gasteiger partial charge in [-0.15, -0.1) is 0 Å². The molecule has 0 unspecified atom stereocenters. The quantitative estimate of drug-likeness (QED) is 0.703. The summed E-state index contributed by atoms with van der Waals surface area (Å²) >= 11 is 0. The number of alkyl halides is 3. The Morgan fingerprint density at radius 1 is 1.00 bits per heavy atom. The van der Waals surface area contributed by atoms with E-state index in [-0.39, 0.29) is 16.5 Å². The minimum Gasteiger partial charge on any atom is -0.279 e. The van der Waals surface area contributed by atoms with Gasteiger partial charge < -0.3 is 0 Å². The fraction of sp³-hybridized carbons (Fsp3) is 0.0625. The van der Waals surface area contributed by atoms with E-state index in [0.29, 0.717) is 5.39 Å². The van der Waals surface area contributed by atoms with E-state index in [4.69, 9.17) is 0 Å². The third kappa shape index (κ3) is 3.41. The van der Waals surface area contributed by atoms with Gasteiger partial charge in [-0.1, -0.05) is 18.2 Å². The molecule has 0 fully saturated rings. The number of benzene rings is 2. The zero-order valence-corrected chi connectivity index (χ0v) is 13.2. The lowest BCUT2D eigenvalue weighted by Gasteiger charge is -2.15. The van der Waals surface area contributed by atoms with Crippen LogP contribution in [0.3, 0.4) is 0 Å². The van der Waals surface area contributed by atoms with Crippen molar-refractivity contribution >= 4 is 26.6 Å². The predicted octanol–water partition coefficient (Wildman–Crippen LogP) is 4.19. The molecule has 3 aromatic rings. The number of sulfonamides is 1. The lowest BCUT2D eigenvalue weighted by molar-refractivity contribution is -0.137. The summed E-state index contributed by atoms with van der Waals surface area (Å²) in [5.74, 6) is -1.12. The highest BCUT2D eigenvalue weighted by molar-refractivity contribution is 7.93. The Hall–Kier alpha value is -2.68. The second-order valence-electron chi connectivity index (χ2n) is 5.12. The van der Waals surface area contributed by atoms with Crippen molar-refractivity contribution in [3.8, 4) is 0 Å². The Morgan fingerprint density at radius 3 is 2.44 bits per heavy atom. The third-order valence-corrected chi connectivity index (χ3v) is 4.81. The Bertz CT molecular complexity index is 1040. The van der Waals surface area contributed by atoms with Crippen molar-refractivity contribution < 1.29 is 26.0 Å². The molecule has 25 heavy (non-hydrogen) atoms. The van der Waals surface area contributed by atoms with Gasteiger partial charge in [-0.2, -0.15) is 13.2 Å². The van der Waals surface area contributed by atoms with Gasteiger partial charge >= 0.3 is 6.18 Å². The summed E-state index contributed by atoms with van der Waals surface area (Å²) in [6.07, 6.45) is -3.54. The van der Waals surface area contributed by atoms with Gasteiger partial charge in [-0.05, 0) is 30.3 Å². The number of fused-ring (bicyclic) bond motifs is 1. The molecule has 1 aromatic heterocycles. The van der Waals surface area contributed by atoms with E-state index in [1.54, 1.807) is 18.2 Å². The van der Waals surface area contributed by atoms with Crippen LogP contribution in [-0.2, 0) is 16.2 Å². The van der Waals surface area contributed by atoms with Crippen LogP contribution in [0.15, 0.2) is 59.6 Å². The zero-order chi connectivity index (χ0) is 18.2. The van der Waals surface area contributed by atoms with E-state index in [1.165, 1.54) is 18.3 Å². The molecule has 0 saturated carbocycles. The highest BCUT2D eigenvalue weighted by Crippen LogP contribution is 2.36. The maximum absolute atomic E-state index is 13.2. The van der Waals surface area contributed by atoms with E-state index in [2.05, 4.69) is 4.98 Å². The second kappa shape index (κ2) is 5.99. The Labute approximate surface area is 140 Å². The molecule has 1 N–H and O–H groups in total. The predicted molar refractivity (Wildman–Crippen MR) is 84.0 cm³/mol. The summed E-state index contributed by atoms with van der Waals surface area (Å²) < 4.78 is 79.3. The van der Waals surface area contributed by atoms with E-state index in [1.807, 2.05) is 4.72 Å². The average Bonchev–Trinajstić information content (AvgIpc) is 2.55. The normalized spacial score (nSPS) is 12.3. The van der Waals surface area contributed by atoms with Crippen molar-refractivity contribution in [2.75, 3.05) is 4.72 Å². The van der Waals surface area contributed by atoms with Gasteiger partial charge in [0, 0.05) is 11.6 Å². The number of aromatic nitrogens is 1. The van der Waals surface area contributed by atoms with Gasteiger partial charge in [0.25, 0.3) is 10.0 Å². The van der Waals surface area contributed by atoms with Crippen LogP contribution < -0.4 is 4.72 Å². The maximum atomic E-state index is 13.2. The van der Waals surface area contributed by atoms with Crippen LogP contribution in [0.25, 0.3) is 10.9 Å². The zero-order valence-electron chi connectivity index (χ0n) is 12.4. The van der Waals surface area contributed by atoms with Crippen molar-refractivity contribution in [3.05, 3.63) is 66.1 Å². The molecule has 0 aliphatic carbocycles. The van der Waals surface area contributed by atoms with Gasteiger partial charge in [-0.25, -0.2) is 12.8 Å². The van der Waals surface area contributed by atoms with Crippen molar-refractivity contribution in [2.24, 2.45) is 0 Å². The van der Waals surface area contributed by atoms with Crippen LogP contribution >= 0.6 is 0 Å². The van der Waals surface area contributed by atoms with Crippen LogP contribution in [0, 0.1) is 5.82 Å². The van der Waals surface area contributed by atoms with E-state index in [9.17, 15) is 26.0 Å². The molecule has 4 nitrogen and oxygen atoms in total. The van der Waals surface area contributed by atoms with E-state index < -0.39 is 33.3 Å². The number of rotatable bonds is 3. The number of para-hydroxylation sites is 1. The molecule has 0 bridgehead atoms. The largest absolute Gasteiger partial charge is 0.418 e. The molecule has 3 rings (SSSR count). The molecule has 0 aliphatic heterocycles. The summed E-state index contributed by atoms with van der Waals surface area (Å²) in [4.78, 5) is 3.70. The van der Waals surface area contributed by atoms with Crippen molar-refractivity contribution in [2.45, 2.75) is 11.1 Å². The number of hydrogen-bond acceptors (Lipinski definition) is 3. The molecule has 2 aromatic carbocycles. The average molecular weight is 370 g/mol. The summed E-state index contributed by atoms with van der Waals surface area (Å²) in [6.45, 7) is 0. The van der Waals surface area contributed by atoms with Crippen LogP contribution in [0.2, 0.25) is 0 Å². The Morgan fingerprint density at radius 2 is 1.72 bits per heavy atom. The van der Waals surface area contributed by atoms with Crippen molar-refractivity contribution in [1.82, 2.24) is 4.98 Å². The lowest BCUT2D eigenvalue weighted by Crippen LogP contribution is -2.18. The van der Waals surface area contributed by atoms with Gasteiger partial charge in [0.1, 0.15) is 10.7 Å². The Balaban J connectivity index is 2.12. The topological polar surface area (TPSA) is 59.1 Å². The van der Waals surface area contributed by atoms with Crippen LogP contribution in [-0.4, -0.2) is 13.4 Å². The van der Waals surface area contributed by atoms with E-state index in [0.717, 1.165) is 12.1 Å². The molecule has 130 valence electrons. The fourth-order valence-corrected chi connectivity index (χ4v) is 3.59. The number of pyridine rings is 1. The summed E-state index contributed by atoms with van der Waals surface area (Å²) in [5.41, 5.74) is -2.06. The number of nitrogens with one attached hydrogen (secondary N) is 1. The fourth-order valence-electron chi connectivity index (χ4n) is 2.33. The first-order chi connectivity index (χ1) is 11.7. The molecule has 0 saturated heterocycles. The minimum atomic E-state index is -4.92. The van der Waals surface area contributed by atoms with Crippen molar-refractivity contribution in [3.63, 3.8) is 0 Å². The Kier molecular flexibility index (Phi) is 4.11. The smallest absolute Gasteiger partial charge is 0.279 e. The molecule has 0 aliphatic rings. The minimum absolute atomic E-state index is 0.119. The summed E-state index contributed by atoms with van der Waals surface area (Å²) in [6, 6.07) is 9.25. The lowest BCUT2D eigenvalue weighted by atomic mass is 10.2. The summed E-state index contributed by atoms with van der Waals surface area (Å²) in [7, 11) is -4.37. The van der Waals surface area contributed by atoms with Crippen LogP contribution in [0.5, 0.6) is 0 Å².